The predicted octanol–water partition coefficient (Wildman–Crippen LogP) is 5.51. The van der Waals surface area contributed by atoms with Gasteiger partial charge in [0.1, 0.15) is 5.82 Å². The largest absolute Gasteiger partial charge is 0.505 e. The number of aromatic nitrogens is 3. The number of phenolic OH excluding ortho intramolecular Hbond substituents is 1. The maximum Gasteiger partial charge on any atom is 0.225 e. The zero-order chi connectivity index (χ0) is 19.6. The highest BCUT2D eigenvalue weighted by molar-refractivity contribution is 6.37. The second-order valence-electron chi connectivity index (χ2n) is 6.97. The molecule has 0 bridgehead atoms. The molecular weight excluding hydrogens is 385 g/mol. The summed E-state index contributed by atoms with van der Waals surface area (Å²) < 4.78 is 0. The monoisotopic (exact) mass is 403 g/mol. The summed E-state index contributed by atoms with van der Waals surface area (Å²) in [6.07, 6.45) is 1.71. The van der Waals surface area contributed by atoms with E-state index in [4.69, 9.17) is 23.2 Å². The van der Waals surface area contributed by atoms with Crippen molar-refractivity contribution in [2.75, 3.05) is 10.6 Å². The van der Waals surface area contributed by atoms with E-state index < -0.39 is 0 Å². The molecule has 6 nitrogen and oxygen atoms in total. The summed E-state index contributed by atoms with van der Waals surface area (Å²) >= 11 is 12.0. The normalized spacial score (nSPS) is 11.3. The fourth-order valence-corrected chi connectivity index (χ4v) is 2.82. The standard InChI is InChI=1S/C19H19Cl2N5O/c1-19(2,3)26-18-24-15(14-6-4-5-7-22-14)10-16(25-18)23-11-8-12(20)17(27)13(21)9-11/h4-10,27H,1-3H3,(H2,23,24,25,26). The lowest BCUT2D eigenvalue weighted by atomic mass is 10.1. The minimum Gasteiger partial charge on any atom is -0.505 e. The van der Waals surface area contributed by atoms with E-state index in [-0.39, 0.29) is 21.3 Å². The topological polar surface area (TPSA) is 83.0 Å². The van der Waals surface area contributed by atoms with Crippen LogP contribution < -0.4 is 10.6 Å². The maximum atomic E-state index is 9.73. The second kappa shape index (κ2) is 7.58. The van der Waals surface area contributed by atoms with Crippen LogP contribution in [0.4, 0.5) is 17.5 Å². The number of halogens is 2. The number of aromatic hydroxyl groups is 1. The van der Waals surface area contributed by atoms with Crippen molar-refractivity contribution in [3.63, 3.8) is 0 Å². The molecule has 0 aliphatic rings. The summed E-state index contributed by atoms with van der Waals surface area (Å²) in [4.78, 5) is 13.4. The van der Waals surface area contributed by atoms with Crippen molar-refractivity contribution in [1.29, 1.82) is 0 Å². The first kappa shape index (κ1) is 19.2. The Kier molecular flexibility index (Phi) is 5.39. The lowest BCUT2D eigenvalue weighted by Crippen LogP contribution is -2.27. The molecule has 27 heavy (non-hydrogen) atoms. The van der Waals surface area contributed by atoms with Crippen LogP contribution in [0.2, 0.25) is 10.0 Å². The minimum atomic E-state index is -0.217. The number of nitrogens with one attached hydrogen (secondary N) is 2. The third-order valence-electron chi connectivity index (χ3n) is 3.43. The quantitative estimate of drug-likeness (QED) is 0.498. The molecule has 2 aromatic heterocycles. The highest BCUT2D eigenvalue weighted by Crippen LogP contribution is 2.35. The fourth-order valence-electron chi connectivity index (χ4n) is 2.33. The number of phenols is 1. The van der Waals surface area contributed by atoms with Crippen LogP contribution in [0.25, 0.3) is 11.4 Å². The van der Waals surface area contributed by atoms with Crippen molar-refractivity contribution in [2.24, 2.45) is 0 Å². The van der Waals surface area contributed by atoms with Gasteiger partial charge in [-0.2, -0.15) is 4.98 Å². The molecule has 1 aromatic carbocycles. The summed E-state index contributed by atoms with van der Waals surface area (Å²) in [6, 6.07) is 10.5. The van der Waals surface area contributed by atoms with Gasteiger partial charge in [0, 0.05) is 23.5 Å². The number of nitrogens with zero attached hydrogens (tertiary/aromatic N) is 3. The van der Waals surface area contributed by atoms with Gasteiger partial charge < -0.3 is 15.7 Å². The average Bonchev–Trinajstić information content (AvgIpc) is 2.58. The maximum absolute atomic E-state index is 9.73. The predicted molar refractivity (Wildman–Crippen MR) is 110 cm³/mol. The van der Waals surface area contributed by atoms with Gasteiger partial charge in [-0.25, -0.2) is 4.98 Å². The lowest BCUT2D eigenvalue weighted by Gasteiger charge is -2.21. The van der Waals surface area contributed by atoms with Crippen LogP contribution in [0.15, 0.2) is 42.6 Å². The zero-order valence-corrected chi connectivity index (χ0v) is 16.6. The first-order valence-electron chi connectivity index (χ1n) is 8.25. The van der Waals surface area contributed by atoms with Crippen molar-refractivity contribution in [2.45, 2.75) is 26.3 Å². The number of anilines is 3. The molecule has 0 spiro atoms. The fraction of sp³-hybridized carbons (Fsp3) is 0.211. The Morgan fingerprint density at radius 2 is 1.67 bits per heavy atom. The Morgan fingerprint density at radius 1 is 0.963 bits per heavy atom. The number of hydrogen-bond donors (Lipinski definition) is 3. The molecule has 0 fully saturated rings. The SMILES string of the molecule is CC(C)(C)Nc1nc(Nc2cc(Cl)c(O)c(Cl)c2)cc(-c2ccccn2)n1. The van der Waals surface area contributed by atoms with Crippen LogP contribution in [0, 0.1) is 0 Å². The Hall–Kier alpha value is -2.57. The van der Waals surface area contributed by atoms with Crippen molar-refractivity contribution >= 4 is 40.7 Å². The molecule has 3 N–H and O–H groups in total. The second-order valence-corrected chi connectivity index (χ2v) is 7.78. The molecule has 0 amide bonds. The van der Waals surface area contributed by atoms with Gasteiger partial charge in [-0.1, -0.05) is 29.3 Å². The first-order chi connectivity index (χ1) is 12.7. The molecule has 0 aliphatic heterocycles. The van der Waals surface area contributed by atoms with Gasteiger partial charge in [-0.15, -0.1) is 0 Å². The lowest BCUT2D eigenvalue weighted by molar-refractivity contribution is 0.476. The van der Waals surface area contributed by atoms with Crippen LogP contribution in [-0.4, -0.2) is 25.6 Å². The van der Waals surface area contributed by atoms with Gasteiger partial charge in [0.15, 0.2) is 5.75 Å². The third-order valence-corrected chi connectivity index (χ3v) is 4.01. The van der Waals surface area contributed by atoms with E-state index in [0.29, 0.717) is 23.1 Å². The molecular formula is C19H19Cl2N5O. The van der Waals surface area contributed by atoms with Crippen molar-refractivity contribution in [3.05, 3.63) is 52.6 Å². The van der Waals surface area contributed by atoms with E-state index >= 15 is 0 Å². The number of rotatable bonds is 4. The van der Waals surface area contributed by atoms with Gasteiger partial charge in [0.25, 0.3) is 0 Å². The highest BCUT2D eigenvalue weighted by Gasteiger charge is 2.15. The molecule has 3 rings (SSSR count). The van der Waals surface area contributed by atoms with Crippen LogP contribution >= 0.6 is 23.2 Å². The molecule has 2 heterocycles. The molecule has 140 valence electrons. The smallest absolute Gasteiger partial charge is 0.225 e. The van der Waals surface area contributed by atoms with Crippen LogP contribution in [-0.2, 0) is 0 Å². The molecule has 8 heteroatoms. The van der Waals surface area contributed by atoms with E-state index in [1.807, 2.05) is 39.0 Å². The van der Waals surface area contributed by atoms with E-state index in [0.717, 1.165) is 5.69 Å². The zero-order valence-electron chi connectivity index (χ0n) is 15.1. The highest BCUT2D eigenvalue weighted by atomic mass is 35.5. The Bertz CT molecular complexity index is 935. The average molecular weight is 404 g/mol. The van der Waals surface area contributed by atoms with Gasteiger partial charge in [0.2, 0.25) is 5.95 Å². The van der Waals surface area contributed by atoms with Gasteiger partial charge in [-0.3, -0.25) is 4.98 Å². The van der Waals surface area contributed by atoms with Crippen molar-refractivity contribution < 1.29 is 5.11 Å². The first-order valence-corrected chi connectivity index (χ1v) is 9.00. The van der Waals surface area contributed by atoms with Gasteiger partial charge >= 0.3 is 0 Å². The summed E-state index contributed by atoms with van der Waals surface area (Å²) in [5.74, 6) is 0.843. The molecule has 0 radical (unpaired) electrons. The Labute approximate surface area is 167 Å². The van der Waals surface area contributed by atoms with Crippen molar-refractivity contribution in [1.82, 2.24) is 15.0 Å². The molecule has 3 aromatic rings. The molecule has 0 saturated heterocycles. The number of hydrogen-bond acceptors (Lipinski definition) is 6. The molecule has 0 aliphatic carbocycles. The summed E-state index contributed by atoms with van der Waals surface area (Å²) in [7, 11) is 0. The summed E-state index contributed by atoms with van der Waals surface area (Å²) in [6.45, 7) is 6.07. The van der Waals surface area contributed by atoms with E-state index in [2.05, 4.69) is 25.6 Å². The van der Waals surface area contributed by atoms with Crippen LogP contribution in [0.1, 0.15) is 20.8 Å². The summed E-state index contributed by atoms with van der Waals surface area (Å²) in [5.41, 5.74) is 1.76. The summed E-state index contributed by atoms with van der Waals surface area (Å²) in [5, 5.41) is 16.4. The molecule has 0 atom stereocenters. The molecule has 0 unspecified atom stereocenters. The van der Waals surface area contributed by atoms with Crippen molar-refractivity contribution in [3.8, 4) is 17.1 Å². The van der Waals surface area contributed by atoms with E-state index in [9.17, 15) is 5.11 Å². The van der Waals surface area contributed by atoms with E-state index in [1.165, 1.54) is 0 Å². The Morgan fingerprint density at radius 3 is 2.26 bits per heavy atom. The van der Waals surface area contributed by atoms with Crippen LogP contribution in [0.3, 0.4) is 0 Å². The van der Waals surface area contributed by atoms with Gasteiger partial charge in [-0.05, 0) is 45.0 Å². The van der Waals surface area contributed by atoms with E-state index in [1.54, 1.807) is 24.4 Å². The molecule has 0 saturated carbocycles. The number of benzene rings is 1. The number of pyridine rings is 1. The van der Waals surface area contributed by atoms with Crippen LogP contribution in [0.5, 0.6) is 5.75 Å². The van der Waals surface area contributed by atoms with Gasteiger partial charge in [0.05, 0.1) is 21.4 Å². The third kappa shape index (κ3) is 4.99. The Balaban J connectivity index is 2.02. The minimum absolute atomic E-state index is 0.150.